The lowest BCUT2D eigenvalue weighted by molar-refractivity contribution is -0.131. The molecule has 0 radical (unpaired) electrons. The molecule has 8 nitrogen and oxygen atoms in total. The summed E-state index contributed by atoms with van der Waals surface area (Å²) in [7, 11) is 0. The Balaban J connectivity index is 1.37. The molecule has 6 unspecified atom stereocenters. The minimum absolute atomic E-state index is 0.0934. The molecule has 0 aromatic heterocycles. The lowest BCUT2D eigenvalue weighted by atomic mass is 9.51. The maximum absolute atomic E-state index is 14.5. The molecule has 3 aromatic rings. The van der Waals surface area contributed by atoms with Crippen molar-refractivity contribution in [3.05, 3.63) is 102 Å². The average molecular weight is 603 g/mol. The van der Waals surface area contributed by atoms with Crippen molar-refractivity contribution in [2.45, 2.75) is 32.6 Å². The Morgan fingerprint density at radius 1 is 0.889 bits per heavy atom. The van der Waals surface area contributed by atoms with Gasteiger partial charge in [0.1, 0.15) is 0 Å². The van der Waals surface area contributed by atoms with E-state index in [1.807, 2.05) is 31.2 Å². The van der Waals surface area contributed by atoms with Crippen molar-refractivity contribution in [3.63, 3.8) is 0 Å². The molecule has 2 heterocycles. The van der Waals surface area contributed by atoms with Gasteiger partial charge in [0.05, 0.1) is 41.2 Å². The Labute approximate surface area is 261 Å². The predicted octanol–water partition coefficient (Wildman–Crippen LogP) is 5.87. The van der Waals surface area contributed by atoms with E-state index in [4.69, 9.17) is 4.74 Å². The second kappa shape index (κ2) is 10.6. The van der Waals surface area contributed by atoms with Crippen LogP contribution in [0.1, 0.15) is 43.7 Å². The zero-order valence-electron chi connectivity index (χ0n) is 25.2. The van der Waals surface area contributed by atoms with E-state index in [-0.39, 0.29) is 41.5 Å². The normalized spacial score (nSPS) is 28.8. The van der Waals surface area contributed by atoms with Gasteiger partial charge in [-0.1, -0.05) is 66.8 Å². The van der Waals surface area contributed by atoms with Gasteiger partial charge in [-0.05, 0) is 68.5 Å². The summed E-state index contributed by atoms with van der Waals surface area (Å²) >= 11 is 0. The fourth-order valence-electron chi connectivity index (χ4n) is 8.24. The molecule has 228 valence electrons. The molecule has 2 aliphatic heterocycles. The van der Waals surface area contributed by atoms with E-state index in [2.05, 4.69) is 6.58 Å². The number of benzene rings is 3. The Kier molecular flexibility index (Phi) is 6.76. The summed E-state index contributed by atoms with van der Waals surface area (Å²) in [5, 5.41) is 11.5. The van der Waals surface area contributed by atoms with Crippen LogP contribution in [0.3, 0.4) is 0 Å². The van der Waals surface area contributed by atoms with Crippen molar-refractivity contribution in [3.8, 4) is 11.5 Å². The van der Waals surface area contributed by atoms with Gasteiger partial charge >= 0.3 is 0 Å². The van der Waals surface area contributed by atoms with E-state index < -0.39 is 35.0 Å². The number of hydrogen-bond acceptors (Lipinski definition) is 6. The second-order valence-electron chi connectivity index (χ2n) is 12.4. The van der Waals surface area contributed by atoms with Crippen LogP contribution in [0.25, 0.3) is 6.08 Å². The third-order valence-corrected chi connectivity index (χ3v) is 10.3. The molecule has 2 aliphatic carbocycles. The number of rotatable bonds is 6. The quantitative estimate of drug-likeness (QED) is 0.280. The zero-order chi connectivity index (χ0) is 31.6. The number of phenols is 1. The highest BCUT2D eigenvalue weighted by molar-refractivity contribution is 6.25. The first-order chi connectivity index (χ1) is 21.7. The third-order valence-electron chi connectivity index (χ3n) is 10.3. The van der Waals surface area contributed by atoms with Gasteiger partial charge in [-0.2, -0.15) is 0 Å². The maximum atomic E-state index is 14.5. The predicted molar refractivity (Wildman–Crippen MR) is 169 cm³/mol. The van der Waals surface area contributed by atoms with E-state index in [9.17, 15) is 24.3 Å². The summed E-state index contributed by atoms with van der Waals surface area (Å²) < 4.78 is 5.72. The van der Waals surface area contributed by atoms with Gasteiger partial charge in [0.15, 0.2) is 11.5 Å². The van der Waals surface area contributed by atoms with Gasteiger partial charge < -0.3 is 9.84 Å². The molecule has 1 N–H and O–H groups in total. The Morgan fingerprint density at radius 3 is 2.29 bits per heavy atom. The standard InChI is InChI=1S/C37H34N2O6/c1-4-21-14-16-23(17-15-21)38-33(41)25-19-18-24-27(30(25)35(38)43)20-28-34(42)39(22-10-7-6-8-11-22)36(44)37(28,3)31(24)26-12-9-13-29(32(26)40)45-5-2/h4,6-18,25,27-28,30-31,40H,1,5,19-20H2,2-3H3. The molecular formula is C37H34N2O6. The topological polar surface area (TPSA) is 104 Å². The van der Waals surface area contributed by atoms with Gasteiger partial charge in [0.25, 0.3) is 0 Å². The SMILES string of the molecule is C=Cc1ccc(N2C(=O)C3CC=C4C(CC5C(=O)N(c6ccccc6)C(=O)C5(C)C4c4cccc(OCC)c4O)C3C2=O)cc1. The number of aromatic hydroxyl groups is 1. The molecule has 8 heteroatoms. The van der Waals surface area contributed by atoms with Gasteiger partial charge in [-0.15, -0.1) is 0 Å². The van der Waals surface area contributed by atoms with Gasteiger partial charge in [0, 0.05) is 11.5 Å². The van der Waals surface area contributed by atoms with E-state index in [1.165, 1.54) is 9.80 Å². The molecule has 0 spiro atoms. The van der Waals surface area contributed by atoms with E-state index >= 15 is 0 Å². The highest BCUT2D eigenvalue weighted by atomic mass is 16.5. The average Bonchev–Trinajstić information content (AvgIpc) is 3.42. The van der Waals surface area contributed by atoms with Crippen LogP contribution in [0.5, 0.6) is 11.5 Å². The van der Waals surface area contributed by atoms with Crippen molar-refractivity contribution in [1.82, 2.24) is 0 Å². The number of allylic oxidation sites excluding steroid dienone is 2. The van der Waals surface area contributed by atoms with Crippen LogP contribution < -0.4 is 14.5 Å². The van der Waals surface area contributed by atoms with Crippen LogP contribution in [-0.4, -0.2) is 35.3 Å². The van der Waals surface area contributed by atoms with Crippen molar-refractivity contribution in [2.24, 2.45) is 29.1 Å². The van der Waals surface area contributed by atoms with Crippen molar-refractivity contribution in [2.75, 3.05) is 16.4 Å². The van der Waals surface area contributed by atoms with E-state index in [1.54, 1.807) is 67.6 Å². The summed E-state index contributed by atoms with van der Waals surface area (Å²) in [5.41, 5.74) is 1.86. The second-order valence-corrected chi connectivity index (χ2v) is 12.4. The number of ether oxygens (including phenoxy) is 1. The van der Waals surface area contributed by atoms with Gasteiger partial charge in [0.2, 0.25) is 23.6 Å². The molecule has 3 fully saturated rings. The zero-order valence-corrected chi connectivity index (χ0v) is 25.2. The number of fused-ring (bicyclic) bond motifs is 4. The van der Waals surface area contributed by atoms with Crippen molar-refractivity contribution >= 4 is 41.1 Å². The number of hydrogen-bond donors (Lipinski definition) is 1. The van der Waals surface area contributed by atoms with Crippen LogP contribution in [0, 0.1) is 29.1 Å². The summed E-state index contributed by atoms with van der Waals surface area (Å²) in [6.07, 6.45) is 4.22. The fraction of sp³-hybridized carbons (Fsp3) is 0.297. The first-order valence-corrected chi connectivity index (χ1v) is 15.4. The summed E-state index contributed by atoms with van der Waals surface area (Å²) in [6.45, 7) is 7.73. The van der Waals surface area contributed by atoms with Crippen LogP contribution in [0.2, 0.25) is 0 Å². The number of anilines is 2. The molecule has 7 rings (SSSR count). The highest BCUT2D eigenvalue weighted by Gasteiger charge is 2.68. The molecule has 4 amide bonds. The maximum Gasteiger partial charge on any atom is 0.241 e. The number of amides is 4. The van der Waals surface area contributed by atoms with Crippen molar-refractivity contribution in [1.29, 1.82) is 0 Å². The first-order valence-electron chi connectivity index (χ1n) is 15.4. The number of nitrogens with zero attached hydrogens (tertiary/aromatic N) is 2. The van der Waals surface area contributed by atoms with Crippen LogP contribution in [0.15, 0.2) is 91.0 Å². The number of phenolic OH excluding ortho intramolecular Hbond substituents is 1. The number of imide groups is 2. The van der Waals surface area contributed by atoms with Crippen LogP contribution >= 0.6 is 0 Å². The van der Waals surface area contributed by atoms with Gasteiger partial charge in [-0.25, -0.2) is 4.90 Å². The molecule has 6 atom stereocenters. The summed E-state index contributed by atoms with van der Waals surface area (Å²) in [6, 6.07) is 21.1. The van der Waals surface area contributed by atoms with Crippen LogP contribution in [0.4, 0.5) is 11.4 Å². The Bertz CT molecular complexity index is 1780. The first kappa shape index (κ1) is 28.8. The molecule has 2 saturated heterocycles. The third kappa shape index (κ3) is 4.04. The van der Waals surface area contributed by atoms with E-state index in [0.717, 1.165) is 11.1 Å². The van der Waals surface area contributed by atoms with Gasteiger partial charge in [-0.3, -0.25) is 24.1 Å². The lowest BCUT2D eigenvalue weighted by Crippen LogP contribution is -2.48. The summed E-state index contributed by atoms with van der Waals surface area (Å²) in [4.78, 5) is 59.4. The minimum atomic E-state index is -1.25. The molecule has 0 bridgehead atoms. The number of para-hydroxylation sites is 2. The smallest absolute Gasteiger partial charge is 0.241 e. The number of carbonyl (C=O) groups excluding carboxylic acids is 4. The van der Waals surface area contributed by atoms with Crippen LogP contribution in [-0.2, 0) is 19.2 Å². The molecule has 45 heavy (non-hydrogen) atoms. The monoisotopic (exact) mass is 602 g/mol. The largest absolute Gasteiger partial charge is 0.504 e. The van der Waals surface area contributed by atoms with Crippen molar-refractivity contribution < 1.29 is 29.0 Å². The van der Waals surface area contributed by atoms with E-state index in [0.29, 0.717) is 30.0 Å². The molecule has 4 aliphatic rings. The Hall–Kier alpha value is -4.98. The molecule has 3 aromatic carbocycles. The number of carbonyl (C=O) groups is 4. The molecular weight excluding hydrogens is 568 g/mol. The minimum Gasteiger partial charge on any atom is -0.504 e. The highest BCUT2D eigenvalue weighted by Crippen LogP contribution is 2.64. The molecule has 1 saturated carbocycles. The Morgan fingerprint density at radius 2 is 1.60 bits per heavy atom. The fourth-order valence-corrected chi connectivity index (χ4v) is 8.24. The lowest BCUT2D eigenvalue weighted by Gasteiger charge is -2.49. The summed E-state index contributed by atoms with van der Waals surface area (Å²) in [5.74, 6) is -4.35.